The topological polar surface area (TPSA) is 88.4 Å². The Bertz CT molecular complexity index is 510. The number of aldehydes is 1. The Morgan fingerprint density at radius 2 is 2.21 bits per heavy atom. The van der Waals surface area contributed by atoms with Gasteiger partial charge in [-0.25, -0.2) is 0 Å². The number of hydrogen-bond acceptors (Lipinski definition) is 5. The highest BCUT2D eigenvalue weighted by Crippen LogP contribution is 2.15. The third-order valence-electron chi connectivity index (χ3n) is 2.89. The Labute approximate surface area is 116 Å². The van der Waals surface area contributed by atoms with Crippen LogP contribution in [0.15, 0.2) is 6.07 Å². The normalized spacial score (nSPS) is 12.2. The first kappa shape index (κ1) is 15.5. The number of hydrogen-bond donors (Lipinski definition) is 3. The third kappa shape index (κ3) is 3.45. The number of carbonyl (C=O) groups excluding carboxylic acids is 2. The van der Waals surface area contributed by atoms with Crippen LogP contribution in [0.25, 0.3) is 0 Å². The van der Waals surface area contributed by atoms with E-state index in [1.54, 1.807) is 11.6 Å². The fraction of sp³-hybridized carbons (Fsp3) is 0.417. The van der Waals surface area contributed by atoms with E-state index in [1.165, 1.54) is 13.0 Å². The first-order valence-electron chi connectivity index (χ1n) is 5.64. The van der Waals surface area contributed by atoms with Crippen molar-refractivity contribution in [1.82, 2.24) is 9.88 Å². The Balaban J connectivity index is 2.99. The number of nitrogens with one attached hydrogen (secondary N) is 1. The maximum Gasteiger partial charge on any atom is 0.321 e. The molecular weight excluding hydrogens is 268 g/mol. The molecule has 1 atom stereocenters. The number of carbonyl (C=O) groups is 3. The Kier molecular flexibility index (Phi) is 5.31. The molecule has 19 heavy (non-hydrogen) atoms. The smallest absolute Gasteiger partial charge is 0.321 e. The van der Waals surface area contributed by atoms with Crippen molar-refractivity contribution in [3.05, 3.63) is 23.0 Å². The number of rotatable bonds is 7. The summed E-state index contributed by atoms with van der Waals surface area (Å²) in [6.45, 7) is 1.58. The SMILES string of the molecule is CC(=O)c1cc(C=O)n(C)c1CN[C@@H](CS)C(=O)O. The number of aromatic nitrogens is 1. The minimum absolute atomic E-state index is 0.135. The molecular formula is C12H16N2O4S. The van der Waals surface area contributed by atoms with E-state index in [1.807, 2.05) is 0 Å². The molecule has 0 aliphatic heterocycles. The highest BCUT2D eigenvalue weighted by atomic mass is 32.1. The van der Waals surface area contributed by atoms with E-state index in [2.05, 4.69) is 17.9 Å². The summed E-state index contributed by atoms with van der Waals surface area (Å²) in [5.74, 6) is -1.04. The van der Waals surface area contributed by atoms with Gasteiger partial charge in [-0.05, 0) is 13.0 Å². The number of nitrogens with zero attached hydrogens (tertiary/aromatic N) is 1. The number of carboxylic acid groups (broad SMARTS) is 1. The Morgan fingerprint density at radius 1 is 1.58 bits per heavy atom. The highest BCUT2D eigenvalue weighted by Gasteiger charge is 2.19. The van der Waals surface area contributed by atoms with Crippen LogP contribution in [-0.4, -0.2) is 39.5 Å². The van der Waals surface area contributed by atoms with E-state index in [9.17, 15) is 14.4 Å². The van der Waals surface area contributed by atoms with E-state index < -0.39 is 12.0 Å². The molecule has 1 rings (SSSR count). The van der Waals surface area contributed by atoms with Crippen molar-refractivity contribution in [2.45, 2.75) is 19.5 Å². The van der Waals surface area contributed by atoms with Gasteiger partial charge >= 0.3 is 5.97 Å². The van der Waals surface area contributed by atoms with Crippen molar-refractivity contribution in [2.24, 2.45) is 7.05 Å². The molecule has 2 N–H and O–H groups in total. The second-order valence-electron chi connectivity index (χ2n) is 4.12. The van der Waals surface area contributed by atoms with Crippen LogP contribution in [0.4, 0.5) is 0 Å². The zero-order valence-corrected chi connectivity index (χ0v) is 11.6. The summed E-state index contributed by atoms with van der Waals surface area (Å²) in [6, 6.07) is 0.695. The number of carboxylic acids is 1. The molecule has 0 fully saturated rings. The standard InChI is InChI=1S/C12H16N2O4S/c1-7(16)9-3-8(5-15)14(2)11(9)4-13-10(6-19)12(17)18/h3,5,10,13,19H,4,6H2,1-2H3,(H,17,18)/t10-/m0/s1. The van der Waals surface area contributed by atoms with Crippen molar-refractivity contribution < 1.29 is 19.5 Å². The molecule has 0 aliphatic rings. The van der Waals surface area contributed by atoms with E-state index in [4.69, 9.17) is 5.11 Å². The third-order valence-corrected chi connectivity index (χ3v) is 3.26. The summed E-state index contributed by atoms with van der Waals surface area (Å²) in [5, 5.41) is 11.7. The lowest BCUT2D eigenvalue weighted by Gasteiger charge is -2.13. The number of aliphatic carboxylic acids is 1. The molecule has 1 aromatic rings. The molecule has 0 bridgehead atoms. The number of thiol groups is 1. The summed E-state index contributed by atoms with van der Waals surface area (Å²) in [7, 11) is 1.66. The molecule has 0 amide bonds. The van der Waals surface area contributed by atoms with Crippen molar-refractivity contribution >= 4 is 30.7 Å². The minimum Gasteiger partial charge on any atom is -0.480 e. The molecule has 1 aromatic heterocycles. The summed E-state index contributed by atoms with van der Waals surface area (Å²) < 4.78 is 1.58. The lowest BCUT2D eigenvalue weighted by molar-refractivity contribution is -0.138. The van der Waals surface area contributed by atoms with Gasteiger partial charge in [0.25, 0.3) is 0 Å². The lowest BCUT2D eigenvalue weighted by atomic mass is 10.1. The van der Waals surface area contributed by atoms with Gasteiger partial charge in [0.15, 0.2) is 12.1 Å². The Morgan fingerprint density at radius 3 is 2.63 bits per heavy atom. The molecule has 0 unspecified atom stereocenters. The predicted octanol–water partition coefficient (Wildman–Crippen LogP) is 0.513. The first-order chi connectivity index (χ1) is 8.92. The average Bonchev–Trinajstić information content (AvgIpc) is 2.67. The summed E-state index contributed by atoms with van der Waals surface area (Å²) >= 11 is 3.94. The Hall–Kier alpha value is -1.60. The van der Waals surface area contributed by atoms with Gasteiger partial charge in [-0.15, -0.1) is 0 Å². The molecule has 0 aliphatic carbocycles. The zero-order chi connectivity index (χ0) is 14.6. The van der Waals surface area contributed by atoms with Gasteiger partial charge in [-0.3, -0.25) is 19.7 Å². The second kappa shape index (κ2) is 6.53. The van der Waals surface area contributed by atoms with Crippen LogP contribution >= 0.6 is 12.6 Å². The molecule has 6 nitrogen and oxygen atoms in total. The van der Waals surface area contributed by atoms with Crippen LogP contribution in [0, 0.1) is 0 Å². The fourth-order valence-electron chi connectivity index (χ4n) is 1.75. The van der Waals surface area contributed by atoms with Gasteiger partial charge < -0.3 is 9.67 Å². The van der Waals surface area contributed by atoms with Crippen LogP contribution in [0.3, 0.4) is 0 Å². The van der Waals surface area contributed by atoms with Crippen LogP contribution in [0.5, 0.6) is 0 Å². The van der Waals surface area contributed by atoms with E-state index in [0.717, 1.165) is 0 Å². The van der Waals surface area contributed by atoms with Crippen molar-refractivity contribution in [3.8, 4) is 0 Å². The molecule has 0 saturated carbocycles. The average molecular weight is 284 g/mol. The van der Waals surface area contributed by atoms with Gasteiger partial charge in [0, 0.05) is 30.6 Å². The summed E-state index contributed by atoms with van der Waals surface area (Å²) in [5.41, 5.74) is 1.38. The maximum absolute atomic E-state index is 11.5. The minimum atomic E-state index is -1.01. The number of Topliss-reactive ketones (excluding diaryl/α,β-unsaturated/α-hetero) is 1. The van der Waals surface area contributed by atoms with Crippen LogP contribution in [0.1, 0.15) is 33.5 Å². The van der Waals surface area contributed by atoms with Gasteiger partial charge in [0.2, 0.25) is 0 Å². The molecule has 0 saturated heterocycles. The largest absolute Gasteiger partial charge is 0.480 e. The van der Waals surface area contributed by atoms with E-state index >= 15 is 0 Å². The van der Waals surface area contributed by atoms with Gasteiger partial charge in [0.1, 0.15) is 6.04 Å². The van der Waals surface area contributed by atoms with E-state index in [-0.39, 0.29) is 18.1 Å². The maximum atomic E-state index is 11.5. The molecule has 7 heteroatoms. The number of ketones is 1. The van der Waals surface area contributed by atoms with Gasteiger partial charge in [-0.1, -0.05) is 0 Å². The molecule has 1 heterocycles. The second-order valence-corrected chi connectivity index (χ2v) is 4.48. The molecule has 0 spiro atoms. The summed E-state index contributed by atoms with van der Waals surface area (Å²) in [4.78, 5) is 33.2. The molecule has 0 aromatic carbocycles. The zero-order valence-electron chi connectivity index (χ0n) is 10.7. The lowest BCUT2D eigenvalue weighted by Crippen LogP contribution is -2.38. The highest BCUT2D eigenvalue weighted by molar-refractivity contribution is 7.80. The van der Waals surface area contributed by atoms with Crippen molar-refractivity contribution in [2.75, 3.05) is 5.75 Å². The quantitative estimate of drug-likeness (QED) is 0.386. The predicted molar refractivity (Wildman–Crippen MR) is 72.9 cm³/mol. The van der Waals surface area contributed by atoms with Crippen molar-refractivity contribution in [1.29, 1.82) is 0 Å². The first-order valence-corrected chi connectivity index (χ1v) is 6.27. The summed E-state index contributed by atoms with van der Waals surface area (Å²) in [6.07, 6.45) is 0.656. The van der Waals surface area contributed by atoms with Crippen LogP contribution in [0.2, 0.25) is 0 Å². The van der Waals surface area contributed by atoms with Gasteiger partial charge in [-0.2, -0.15) is 12.6 Å². The van der Waals surface area contributed by atoms with Crippen LogP contribution in [-0.2, 0) is 18.4 Å². The monoisotopic (exact) mass is 284 g/mol. The fourth-order valence-corrected chi connectivity index (χ4v) is 2.03. The van der Waals surface area contributed by atoms with Crippen LogP contribution < -0.4 is 5.32 Å². The molecule has 104 valence electrons. The van der Waals surface area contributed by atoms with E-state index in [0.29, 0.717) is 23.2 Å². The van der Waals surface area contributed by atoms with Crippen molar-refractivity contribution in [3.63, 3.8) is 0 Å². The van der Waals surface area contributed by atoms with Gasteiger partial charge in [0.05, 0.1) is 5.69 Å². The molecule has 0 radical (unpaired) electrons.